The number of esters is 2. The third kappa shape index (κ3) is 3.73. The highest BCUT2D eigenvalue weighted by atomic mass is 16.6. The monoisotopic (exact) mass is 380 g/mol. The normalized spacial score (nSPS) is 37.2. The SMILES string of the molecule is C=C(C)C(=O)OC1C(O)C(C)=CCC(=O)C(C)(O)C(O)C2OC(=O)C(=C)C12. The van der Waals surface area contributed by atoms with Crippen molar-refractivity contribution < 1.29 is 39.2 Å². The molecule has 0 saturated carbocycles. The van der Waals surface area contributed by atoms with E-state index in [1.807, 2.05) is 0 Å². The molecule has 0 radical (unpaired) electrons. The number of rotatable bonds is 2. The van der Waals surface area contributed by atoms with E-state index < -0.39 is 53.7 Å². The van der Waals surface area contributed by atoms with Gasteiger partial charge in [-0.1, -0.05) is 19.2 Å². The fourth-order valence-electron chi connectivity index (χ4n) is 3.14. The van der Waals surface area contributed by atoms with Crippen molar-refractivity contribution >= 4 is 17.7 Å². The van der Waals surface area contributed by atoms with Gasteiger partial charge < -0.3 is 24.8 Å². The molecule has 1 fully saturated rings. The number of hydrogen-bond acceptors (Lipinski definition) is 8. The summed E-state index contributed by atoms with van der Waals surface area (Å²) in [5.74, 6) is -3.58. The Labute approximate surface area is 156 Å². The zero-order valence-corrected chi connectivity index (χ0v) is 15.5. The van der Waals surface area contributed by atoms with Crippen molar-refractivity contribution in [2.24, 2.45) is 5.92 Å². The molecule has 8 nitrogen and oxygen atoms in total. The highest BCUT2D eigenvalue weighted by molar-refractivity contribution is 5.93. The number of hydrogen-bond donors (Lipinski definition) is 3. The van der Waals surface area contributed by atoms with Crippen molar-refractivity contribution in [1.29, 1.82) is 0 Å². The Morgan fingerprint density at radius 3 is 2.52 bits per heavy atom. The van der Waals surface area contributed by atoms with Gasteiger partial charge in [-0.2, -0.15) is 0 Å². The van der Waals surface area contributed by atoms with Crippen molar-refractivity contribution in [3.63, 3.8) is 0 Å². The molecule has 0 spiro atoms. The first-order valence-electron chi connectivity index (χ1n) is 8.44. The quantitative estimate of drug-likeness (QED) is 0.346. The highest BCUT2D eigenvalue weighted by Crippen LogP contribution is 2.39. The average Bonchev–Trinajstić information content (AvgIpc) is 2.89. The molecule has 1 saturated heterocycles. The lowest BCUT2D eigenvalue weighted by Gasteiger charge is -2.37. The van der Waals surface area contributed by atoms with Gasteiger partial charge in [0.05, 0.1) is 5.92 Å². The Morgan fingerprint density at radius 1 is 1.37 bits per heavy atom. The minimum atomic E-state index is -2.23. The topological polar surface area (TPSA) is 130 Å². The van der Waals surface area contributed by atoms with Crippen molar-refractivity contribution in [2.45, 2.75) is 57.2 Å². The number of carbonyl (C=O) groups excluding carboxylic acids is 3. The molecule has 0 aromatic carbocycles. The second-order valence-electron chi connectivity index (χ2n) is 7.18. The first-order chi connectivity index (χ1) is 12.4. The van der Waals surface area contributed by atoms with Crippen LogP contribution in [0.25, 0.3) is 0 Å². The Hall–Kier alpha value is -2.29. The molecule has 1 aliphatic carbocycles. The number of ether oxygens (including phenoxy) is 2. The van der Waals surface area contributed by atoms with Crippen molar-refractivity contribution in [1.82, 2.24) is 0 Å². The van der Waals surface area contributed by atoms with Crippen LogP contribution >= 0.6 is 0 Å². The molecule has 3 N–H and O–H groups in total. The number of aliphatic hydroxyl groups is 3. The molecule has 0 aromatic rings. The summed E-state index contributed by atoms with van der Waals surface area (Å²) in [6.45, 7) is 11.1. The minimum Gasteiger partial charge on any atom is -0.455 e. The summed E-state index contributed by atoms with van der Waals surface area (Å²) < 4.78 is 10.5. The molecule has 2 rings (SSSR count). The number of fused-ring (bicyclic) bond motifs is 1. The van der Waals surface area contributed by atoms with Gasteiger partial charge in [-0.05, 0) is 26.3 Å². The van der Waals surface area contributed by atoms with E-state index in [-0.39, 0.29) is 17.6 Å². The summed E-state index contributed by atoms with van der Waals surface area (Å²) in [5.41, 5.74) is -2.01. The number of aliphatic hydroxyl groups excluding tert-OH is 2. The Kier molecular flexibility index (Phi) is 5.74. The summed E-state index contributed by atoms with van der Waals surface area (Å²) in [7, 11) is 0. The smallest absolute Gasteiger partial charge is 0.334 e. The van der Waals surface area contributed by atoms with E-state index in [1.54, 1.807) is 0 Å². The predicted molar refractivity (Wildman–Crippen MR) is 93.2 cm³/mol. The molecule has 8 heteroatoms. The van der Waals surface area contributed by atoms with Crippen LogP contribution in [0, 0.1) is 5.92 Å². The maximum Gasteiger partial charge on any atom is 0.334 e. The maximum atomic E-state index is 12.3. The van der Waals surface area contributed by atoms with Gasteiger partial charge in [-0.15, -0.1) is 0 Å². The average molecular weight is 380 g/mol. The van der Waals surface area contributed by atoms with Gasteiger partial charge in [-0.3, -0.25) is 4.79 Å². The van der Waals surface area contributed by atoms with Gasteiger partial charge in [0.1, 0.15) is 30.0 Å². The Balaban J connectivity index is 2.61. The molecule has 0 bridgehead atoms. The molecule has 1 aliphatic heterocycles. The lowest BCUT2D eigenvalue weighted by Crippen LogP contribution is -2.57. The number of Topliss-reactive ketones (excluding diaryl/α,β-unsaturated/α-hetero) is 1. The third-order valence-electron chi connectivity index (χ3n) is 5.05. The van der Waals surface area contributed by atoms with Gasteiger partial charge in [0, 0.05) is 17.6 Å². The van der Waals surface area contributed by atoms with Crippen LogP contribution in [0.1, 0.15) is 27.2 Å². The molecular formula is C19H24O8. The predicted octanol–water partition coefficient (Wildman–Crippen LogP) is -0.0360. The summed E-state index contributed by atoms with van der Waals surface area (Å²) in [6, 6.07) is 0. The van der Waals surface area contributed by atoms with Crippen LogP contribution in [-0.2, 0) is 23.9 Å². The molecule has 148 valence electrons. The van der Waals surface area contributed by atoms with Crippen molar-refractivity contribution in [3.05, 3.63) is 36.0 Å². The van der Waals surface area contributed by atoms with Crippen LogP contribution in [0.15, 0.2) is 36.0 Å². The van der Waals surface area contributed by atoms with Crippen LogP contribution in [0.4, 0.5) is 0 Å². The van der Waals surface area contributed by atoms with E-state index in [4.69, 9.17) is 9.47 Å². The van der Waals surface area contributed by atoms with E-state index in [2.05, 4.69) is 13.2 Å². The summed E-state index contributed by atoms with van der Waals surface area (Å²) in [4.78, 5) is 36.5. The molecule has 0 aromatic heterocycles. The lowest BCUT2D eigenvalue weighted by atomic mass is 9.77. The largest absolute Gasteiger partial charge is 0.455 e. The van der Waals surface area contributed by atoms with Gasteiger partial charge >= 0.3 is 11.9 Å². The van der Waals surface area contributed by atoms with E-state index in [0.29, 0.717) is 5.57 Å². The van der Waals surface area contributed by atoms with Crippen LogP contribution in [0.3, 0.4) is 0 Å². The highest BCUT2D eigenvalue weighted by Gasteiger charge is 2.56. The van der Waals surface area contributed by atoms with Gasteiger partial charge in [0.2, 0.25) is 0 Å². The van der Waals surface area contributed by atoms with Gasteiger partial charge in [-0.25, -0.2) is 9.59 Å². The van der Waals surface area contributed by atoms with E-state index in [9.17, 15) is 29.7 Å². The van der Waals surface area contributed by atoms with Crippen LogP contribution < -0.4 is 0 Å². The van der Waals surface area contributed by atoms with Gasteiger partial charge in [0.15, 0.2) is 5.78 Å². The lowest BCUT2D eigenvalue weighted by molar-refractivity contribution is -0.177. The van der Waals surface area contributed by atoms with Crippen LogP contribution in [0.5, 0.6) is 0 Å². The maximum absolute atomic E-state index is 12.3. The summed E-state index contributed by atoms with van der Waals surface area (Å²) in [5, 5.41) is 31.8. The fourth-order valence-corrected chi connectivity index (χ4v) is 3.14. The first-order valence-corrected chi connectivity index (χ1v) is 8.44. The van der Waals surface area contributed by atoms with E-state index in [0.717, 1.165) is 6.92 Å². The summed E-state index contributed by atoms with van der Waals surface area (Å²) >= 11 is 0. The molecule has 6 atom stereocenters. The van der Waals surface area contributed by atoms with Crippen LogP contribution in [0.2, 0.25) is 0 Å². The fraction of sp³-hybridized carbons (Fsp3) is 0.526. The Bertz CT molecular complexity index is 732. The van der Waals surface area contributed by atoms with Crippen molar-refractivity contribution in [2.75, 3.05) is 0 Å². The number of allylic oxidation sites excluding steroid dienone is 1. The standard InChI is InChI=1S/C19H24O8/c1-8(2)17(23)26-14-12-10(4)18(24)27-15(12)16(22)19(5,25)11(20)7-6-9(3)13(14)21/h6,12-16,21-22,25H,1,4,7H2,2-3,5H3. The first kappa shape index (κ1) is 21.0. The molecular weight excluding hydrogens is 356 g/mol. The zero-order valence-electron chi connectivity index (χ0n) is 15.5. The second kappa shape index (κ2) is 7.38. The molecule has 1 heterocycles. The van der Waals surface area contributed by atoms with E-state index in [1.165, 1.54) is 19.9 Å². The minimum absolute atomic E-state index is 0.0658. The number of carbonyl (C=O) groups is 3. The number of ketones is 1. The second-order valence-corrected chi connectivity index (χ2v) is 7.18. The van der Waals surface area contributed by atoms with Gasteiger partial charge in [0.25, 0.3) is 0 Å². The van der Waals surface area contributed by atoms with Crippen LogP contribution in [-0.4, -0.2) is 63.1 Å². The van der Waals surface area contributed by atoms with E-state index >= 15 is 0 Å². The third-order valence-corrected chi connectivity index (χ3v) is 5.05. The molecule has 0 amide bonds. The molecule has 27 heavy (non-hydrogen) atoms. The summed E-state index contributed by atoms with van der Waals surface area (Å²) in [6.07, 6.45) is -4.89. The molecule has 2 aliphatic rings. The zero-order chi connectivity index (χ0) is 20.7. The molecule has 6 unspecified atom stereocenters. The Morgan fingerprint density at radius 2 is 1.96 bits per heavy atom. The van der Waals surface area contributed by atoms with Crippen molar-refractivity contribution in [3.8, 4) is 0 Å².